The number of benzene rings is 4. The molecule has 4 aromatic carbocycles. The number of phenols is 2. The van der Waals surface area contributed by atoms with Gasteiger partial charge in [-0.05, 0) is 58.5 Å². The van der Waals surface area contributed by atoms with Crippen LogP contribution in [0.1, 0.15) is 40.2 Å². The Hall–Kier alpha value is -3.52. The average molecular weight is 378 g/mol. The summed E-state index contributed by atoms with van der Waals surface area (Å²) in [6.07, 6.45) is 0.895. The van der Waals surface area contributed by atoms with E-state index >= 15 is 0 Å². The zero-order chi connectivity index (χ0) is 19.8. The van der Waals surface area contributed by atoms with Gasteiger partial charge < -0.3 is 10.2 Å². The van der Waals surface area contributed by atoms with Crippen molar-refractivity contribution < 1.29 is 10.2 Å². The highest BCUT2D eigenvalue weighted by atomic mass is 16.3. The number of fused-ring (bicyclic) bond motifs is 1. The first-order valence-electron chi connectivity index (χ1n) is 9.92. The van der Waals surface area contributed by atoms with Crippen molar-refractivity contribution in [2.75, 3.05) is 0 Å². The average Bonchev–Trinajstić information content (AvgIpc) is 3.12. The fourth-order valence-electron chi connectivity index (χ4n) is 4.90. The second kappa shape index (κ2) is 6.82. The highest BCUT2D eigenvalue weighted by Crippen LogP contribution is 2.55. The van der Waals surface area contributed by atoms with Crippen molar-refractivity contribution in [1.82, 2.24) is 0 Å². The Kier molecular flexibility index (Phi) is 4.13. The van der Waals surface area contributed by atoms with Gasteiger partial charge in [0, 0.05) is 11.3 Å². The van der Waals surface area contributed by atoms with Crippen LogP contribution in [0.3, 0.4) is 0 Å². The third-order valence-corrected chi connectivity index (χ3v) is 6.23. The van der Waals surface area contributed by atoms with Crippen molar-refractivity contribution in [3.05, 3.63) is 131 Å². The summed E-state index contributed by atoms with van der Waals surface area (Å²) in [5.74, 6) is 0.802. The number of hydrogen-bond donors (Lipinski definition) is 2. The minimum absolute atomic E-state index is 0.264. The van der Waals surface area contributed by atoms with E-state index in [9.17, 15) is 10.2 Å². The maximum absolute atomic E-state index is 9.88. The molecule has 0 aromatic heterocycles. The first kappa shape index (κ1) is 17.6. The summed E-state index contributed by atoms with van der Waals surface area (Å²) >= 11 is 0. The van der Waals surface area contributed by atoms with Gasteiger partial charge in [0.05, 0.1) is 0 Å². The lowest BCUT2D eigenvalue weighted by molar-refractivity contribution is 0.473. The maximum atomic E-state index is 9.88. The van der Waals surface area contributed by atoms with E-state index < -0.39 is 0 Å². The van der Waals surface area contributed by atoms with E-state index in [-0.39, 0.29) is 22.8 Å². The van der Waals surface area contributed by atoms with Gasteiger partial charge in [0.25, 0.3) is 0 Å². The van der Waals surface area contributed by atoms with Crippen LogP contribution in [0.2, 0.25) is 0 Å². The topological polar surface area (TPSA) is 40.5 Å². The van der Waals surface area contributed by atoms with E-state index in [0.717, 1.165) is 17.5 Å². The SMILES string of the molecule is Oc1ccc(C2(c3ccc(O)cc3)CC(c3ccccc3)c3ccccc32)cc1. The quantitative estimate of drug-likeness (QED) is 0.461. The van der Waals surface area contributed by atoms with Gasteiger partial charge >= 0.3 is 0 Å². The molecule has 1 aliphatic rings. The Labute approximate surface area is 170 Å². The first-order chi connectivity index (χ1) is 14.2. The molecule has 0 aliphatic heterocycles. The molecule has 0 saturated heterocycles. The van der Waals surface area contributed by atoms with Crippen molar-refractivity contribution in [2.45, 2.75) is 17.8 Å². The molecular formula is C27H22O2. The van der Waals surface area contributed by atoms with Gasteiger partial charge in [0.1, 0.15) is 11.5 Å². The fourth-order valence-corrected chi connectivity index (χ4v) is 4.90. The van der Waals surface area contributed by atoms with Crippen molar-refractivity contribution in [3.63, 3.8) is 0 Å². The first-order valence-corrected chi connectivity index (χ1v) is 9.92. The Bertz CT molecular complexity index is 1080. The summed E-state index contributed by atoms with van der Waals surface area (Å²) in [4.78, 5) is 0. The molecule has 2 N–H and O–H groups in total. The van der Waals surface area contributed by atoms with Gasteiger partial charge in [-0.3, -0.25) is 0 Å². The van der Waals surface area contributed by atoms with E-state index in [0.29, 0.717) is 0 Å². The van der Waals surface area contributed by atoms with Crippen LogP contribution in [0.25, 0.3) is 0 Å². The largest absolute Gasteiger partial charge is 0.508 e. The number of hydrogen-bond acceptors (Lipinski definition) is 2. The van der Waals surface area contributed by atoms with E-state index in [1.165, 1.54) is 16.7 Å². The molecule has 2 nitrogen and oxygen atoms in total. The minimum atomic E-state index is -0.349. The summed E-state index contributed by atoms with van der Waals surface area (Å²) in [5, 5.41) is 19.8. The Morgan fingerprint density at radius 3 is 1.69 bits per heavy atom. The lowest BCUT2D eigenvalue weighted by Gasteiger charge is -2.33. The van der Waals surface area contributed by atoms with E-state index in [2.05, 4.69) is 54.6 Å². The highest BCUT2D eigenvalue weighted by molar-refractivity contribution is 5.60. The van der Waals surface area contributed by atoms with E-state index in [1.54, 1.807) is 24.3 Å². The van der Waals surface area contributed by atoms with Crippen molar-refractivity contribution in [2.24, 2.45) is 0 Å². The van der Waals surface area contributed by atoms with Crippen LogP contribution in [0.4, 0.5) is 0 Å². The molecule has 2 heteroatoms. The van der Waals surface area contributed by atoms with Gasteiger partial charge in [-0.25, -0.2) is 0 Å². The van der Waals surface area contributed by atoms with Crippen molar-refractivity contribution >= 4 is 0 Å². The third-order valence-electron chi connectivity index (χ3n) is 6.23. The smallest absolute Gasteiger partial charge is 0.115 e. The molecule has 0 fully saturated rings. The normalized spacial score (nSPS) is 17.0. The summed E-state index contributed by atoms with van der Waals surface area (Å²) in [5.41, 5.74) is 5.86. The monoisotopic (exact) mass is 378 g/mol. The summed E-state index contributed by atoms with van der Waals surface area (Å²) in [7, 11) is 0. The molecule has 1 atom stereocenters. The van der Waals surface area contributed by atoms with Gasteiger partial charge in [-0.2, -0.15) is 0 Å². The van der Waals surface area contributed by atoms with Crippen LogP contribution in [-0.2, 0) is 5.41 Å². The minimum Gasteiger partial charge on any atom is -0.508 e. The van der Waals surface area contributed by atoms with Crippen LogP contribution in [0.15, 0.2) is 103 Å². The van der Waals surface area contributed by atoms with E-state index in [1.807, 2.05) is 24.3 Å². The third kappa shape index (κ3) is 2.80. The molecule has 0 amide bonds. The molecular weight excluding hydrogens is 356 g/mol. The summed E-state index contributed by atoms with van der Waals surface area (Å²) in [6.45, 7) is 0. The molecule has 1 unspecified atom stereocenters. The zero-order valence-electron chi connectivity index (χ0n) is 16.0. The zero-order valence-corrected chi connectivity index (χ0v) is 16.0. The second-order valence-corrected chi connectivity index (χ2v) is 7.75. The van der Waals surface area contributed by atoms with Crippen LogP contribution < -0.4 is 0 Å². The number of rotatable bonds is 3. The number of aromatic hydroxyl groups is 2. The molecule has 1 aliphatic carbocycles. The highest BCUT2D eigenvalue weighted by Gasteiger charge is 2.46. The molecule has 29 heavy (non-hydrogen) atoms. The molecule has 0 saturated carbocycles. The standard InChI is InChI=1S/C27H22O2/c28-22-14-10-20(11-15-22)27(21-12-16-23(29)17-13-21)18-25(19-6-2-1-3-7-19)24-8-4-5-9-26(24)27/h1-17,25,28-29H,18H2. The predicted octanol–water partition coefficient (Wildman–Crippen LogP) is 5.97. The van der Waals surface area contributed by atoms with Crippen LogP contribution in [0.5, 0.6) is 11.5 Å². The van der Waals surface area contributed by atoms with Gasteiger partial charge in [-0.15, -0.1) is 0 Å². The van der Waals surface area contributed by atoms with Crippen LogP contribution in [0, 0.1) is 0 Å². The number of phenolic OH excluding ortho intramolecular Hbond substituents is 2. The Balaban J connectivity index is 1.79. The fraction of sp³-hybridized carbons (Fsp3) is 0.111. The van der Waals surface area contributed by atoms with E-state index in [4.69, 9.17) is 0 Å². The van der Waals surface area contributed by atoms with Crippen molar-refractivity contribution in [1.29, 1.82) is 0 Å². The van der Waals surface area contributed by atoms with Crippen LogP contribution >= 0.6 is 0 Å². The molecule has 0 heterocycles. The lowest BCUT2D eigenvalue weighted by atomic mass is 9.69. The molecule has 0 spiro atoms. The van der Waals surface area contributed by atoms with Crippen LogP contribution in [-0.4, -0.2) is 10.2 Å². The van der Waals surface area contributed by atoms with Crippen molar-refractivity contribution in [3.8, 4) is 11.5 Å². The Morgan fingerprint density at radius 2 is 1.10 bits per heavy atom. The molecule has 142 valence electrons. The van der Waals surface area contributed by atoms with Gasteiger partial charge in [0.15, 0.2) is 0 Å². The predicted molar refractivity (Wildman–Crippen MR) is 115 cm³/mol. The maximum Gasteiger partial charge on any atom is 0.115 e. The molecule has 4 aromatic rings. The molecule has 0 bridgehead atoms. The Morgan fingerprint density at radius 1 is 0.586 bits per heavy atom. The summed E-state index contributed by atoms with van der Waals surface area (Å²) < 4.78 is 0. The van der Waals surface area contributed by atoms with Gasteiger partial charge in [0.2, 0.25) is 0 Å². The summed E-state index contributed by atoms with van der Waals surface area (Å²) in [6, 6.07) is 34.4. The second-order valence-electron chi connectivity index (χ2n) is 7.75. The van der Waals surface area contributed by atoms with Gasteiger partial charge in [-0.1, -0.05) is 78.9 Å². The molecule has 0 radical (unpaired) electrons. The lowest BCUT2D eigenvalue weighted by Crippen LogP contribution is -2.26. The molecule has 5 rings (SSSR count).